The SMILES string of the molecule is CC/C=C/c1sc2c(N[C@@H]3CCN(C)C[C@@H]3F)cccc2c1CC(F)(F)F. The van der Waals surface area contributed by atoms with E-state index in [1.54, 1.807) is 18.2 Å². The zero-order valence-corrected chi connectivity index (χ0v) is 16.3. The van der Waals surface area contributed by atoms with Crippen LogP contribution < -0.4 is 5.32 Å². The third-order valence-corrected chi connectivity index (χ3v) is 6.06. The number of benzene rings is 1. The van der Waals surface area contributed by atoms with Gasteiger partial charge in [0.2, 0.25) is 0 Å². The Bertz CT molecular complexity index is 812. The Morgan fingerprint density at radius 1 is 1.33 bits per heavy atom. The summed E-state index contributed by atoms with van der Waals surface area (Å²) in [5, 5.41) is 3.86. The molecule has 1 aromatic heterocycles. The average Bonchev–Trinajstić information content (AvgIpc) is 2.92. The molecular weight excluding hydrogens is 376 g/mol. The first-order valence-corrected chi connectivity index (χ1v) is 9.97. The van der Waals surface area contributed by atoms with Crippen LogP contribution in [-0.4, -0.2) is 43.4 Å². The van der Waals surface area contributed by atoms with E-state index in [9.17, 15) is 17.6 Å². The molecule has 1 saturated heterocycles. The molecular formula is C20H24F4N2S. The number of rotatable bonds is 5. The third kappa shape index (κ3) is 4.82. The fraction of sp³-hybridized carbons (Fsp3) is 0.500. The zero-order chi connectivity index (χ0) is 19.6. The van der Waals surface area contributed by atoms with E-state index in [-0.39, 0.29) is 6.04 Å². The largest absolute Gasteiger partial charge is 0.393 e. The molecule has 2 heterocycles. The van der Waals surface area contributed by atoms with Crippen molar-refractivity contribution in [2.75, 3.05) is 25.5 Å². The maximum absolute atomic E-state index is 14.4. The van der Waals surface area contributed by atoms with Gasteiger partial charge in [0.05, 0.1) is 22.8 Å². The van der Waals surface area contributed by atoms with Crippen LogP contribution in [0.15, 0.2) is 24.3 Å². The maximum atomic E-state index is 14.4. The Hall–Kier alpha value is -1.60. The molecule has 27 heavy (non-hydrogen) atoms. The lowest BCUT2D eigenvalue weighted by atomic mass is 10.0. The molecule has 0 amide bonds. The first kappa shape index (κ1) is 20.1. The number of nitrogens with zero attached hydrogens (tertiary/aromatic N) is 1. The Balaban J connectivity index is 1.98. The molecule has 0 unspecified atom stereocenters. The lowest BCUT2D eigenvalue weighted by molar-refractivity contribution is -0.126. The van der Waals surface area contributed by atoms with Gasteiger partial charge < -0.3 is 10.2 Å². The number of halogens is 4. The molecule has 0 saturated carbocycles. The highest BCUT2D eigenvalue weighted by Gasteiger charge is 2.32. The van der Waals surface area contributed by atoms with Crippen molar-refractivity contribution in [1.82, 2.24) is 4.90 Å². The van der Waals surface area contributed by atoms with Crippen molar-refractivity contribution in [3.63, 3.8) is 0 Å². The van der Waals surface area contributed by atoms with Crippen LogP contribution in [0.1, 0.15) is 30.2 Å². The highest BCUT2D eigenvalue weighted by molar-refractivity contribution is 7.20. The van der Waals surface area contributed by atoms with Gasteiger partial charge in [0, 0.05) is 18.0 Å². The fourth-order valence-corrected chi connectivity index (χ4v) is 4.69. The van der Waals surface area contributed by atoms with Crippen LogP contribution in [0, 0.1) is 0 Å². The minimum Gasteiger partial charge on any atom is -0.378 e. The molecule has 7 heteroatoms. The van der Waals surface area contributed by atoms with E-state index >= 15 is 0 Å². The average molecular weight is 400 g/mol. The molecule has 2 aromatic rings. The number of nitrogens with one attached hydrogen (secondary N) is 1. The normalized spacial score (nSPS) is 22.0. The van der Waals surface area contributed by atoms with Crippen molar-refractivity contribution in [2.24, 2.45) is 0 Å². The Kier molecular flexibility index (Phi) is 6.11. The van der Waals surface area contributed by atoms with Gasteiger partial charge in [-0.2, -0.15) is 13.2 Å². The summed E-state index contributed by atoms with van der Waals surface area (Å²) in [6.07, 6.45) is -1.19. The number of thiophene rings is 1. The summed E-state index contributed by atoms with van der Waals surface area (Å²) in [7, 11) is 1.89. The van der Waals surface area contributed by atoms with Crippen LogP contribution in [0.25, 0.3) is 16.2 Å². The van der Waals surface area contributed by atoms with E-state index in [0.717, 1.165) is 17.7 Å². The number of likely N-dealkylation sites (tertiary alicyclic amines) is 1. The van der Waals surface area contributed by atoms with Crippen LogP contribution in [-0.2, 0) is 6.42 Å². The fourth-order valence-electron chi connectivity index (χ4n) is 3.46. The second-order valence-electron chi connectivity index (χ2n) is 7.05. The second kappa shape index (κ2) is 8.19. The molecule has 1 N–H and O–H groups in total. The predicted molar refractivity (Wildman–Crippen MR) is 105 cm³/mol. The van der Waals surface area contributed by atoms with Gasteiger partial charge in [-0.3, -0.25) is 0 Å². The quantitative estimate of drug-likeness (QED) is 0.630. The molecule has 148 valence electrons. The summed E-state index contributed by atoms with van der Waals surface area (Å²) in [5.41, 5.74) is 1.02. The highest BCUT2D eigenvalue weighted by atomic mass is 32.1. The van der Waals surface area contributed by atoms with Crippen LogP contribution >= 0.6 is 11.3 Å². The molecule has 0 bridgehead atoms. The second-order valence-corrected chi connectivity index (χ2v) is 8.10. The smallest absolute Gasteiger partial charge is 0.378 e. The van der Waals surface area contributed by atoms with E-state index in [4.69, 9.17) is 0 Å². The first-order valence-electron chi connectivity index (χ1n) is 9.15. The van der Waals surface area contributed by atoms with Gasteiger partial charge in [-0.15, -0.1) is 11.3 Å². The van der Waals surface area contributed by atoms with E-state index in [1.165, 1.54) is 11.3 Å². The van der Waals surface area contributed by atoms with Gasteiger partial charge >= 0.3 is 6.18 Å². The minimum absolute atomic E-state index is 0.302. The molecule has 2 nitrogen and oxygen atoms in total. The van der Waals surface area contributed by atoms with E-state index in [1.807, 2.05) is 31.0 Å². The van der Waals surface area contributed by atoms with Gasteiger partial charge in [-0.1, -0.05) is 25.1 Å². The molecule has 1 aliphatic rings. The van der Waals surface area contributed by atoms with Crippen molar-refractivity contribution >= 4 is 33.2 Å². The lowest BCUT2D eigenvalue weighted by Crippen LogP contribution is -2.46. The van der Waals surface area contributed by atoms with Gasteiger partial charge in [0.25, 0.3) is 0 Å². The molecule has 2 atom stereocenters. The van der Waals surface area contributed by atoms with Crippen molar-refractivity contribution < 1.29 is 17.6 Å². The molecule has 0 aliphatic carbocycles. The minimum atomic E-state index is -4.27. The van der Waals surface area contributed by atoms with Crippen molar-refractivity contribution in [3.05, 3.63) is 34.7 Å². The topological polar surface area (TPSA) is 15.3 Å². The molecule has 1 aromatic carbocycles. The molecule has 1 fully saturated rings. The zero-order valence-electron chi connectivity index (χ0n) is 15.4. The molecule has 0 spiro atoms. The summed E-state index contributed by atoms with van der Waals surface area (Å²) in [6.45, 7) is 3.10. The Morgan fingerprint density at radius 2 is 2.11 bits per heavy atom. The summed E-state index contributed by atoms with van der Waals surface area (Å²) in [6, 6.07) is 4.97. The van der Waals surface area contributed by atoms with E-state index < -0.39 is 18.8 Å². The van der Waals surface area contributed by atoms with Crippen LogP contribution in [0.2, 0.25) is 0 Å². The molecule has 3 rings (SSSR count). The van der Waals surface area contributed by atoms with Gasteiger partial charge in [-0.25, -0.2) is 4.39 Å². The summed E-state index contributed by atoms with van der Waals surface area (Å²) in [5.74, 6) is 0. The highest BCUT2D eigenvalue weighted by Crippen LogP contribution is 2.40. The van der Waals surface area contributed by atoms with Gasteiger partial charge in [0.15, 0.2) is 0 Å². The number of anilines is 1. The number of alkyl halides is 4. The van der Waals surface area contributed by atoms with E-state index in [2.05, 4.69) is 5.32 Å². The van der Waals surface area contributed by atoms with Crippen molar-refractivity contribution in [1.29, 1.82) is 0 Å². The summed E-state index contributed by atoms with van der Waals surface area (Å²) >= 11 is 1.34. The van der Waals surface area contributed by atoms with Gasteiger partial charge in [0.1, 0.15) is 6.17 Å². The molecule has 0 radical (unpaired) electrons. The summed E-state index contributed by atoms with van der Waals surface area (Å²) in [4.78, 5) is 2.57. The maximum Gasteiger partial charge on any atom is 0.393 e. The number of piperidine rings is 1. The Morgan fingerprint density at radius 3 is 2.78 bits per heavy atom. The number of allylic oxidation sites excluding steroid dienone is 1. The standard InChI is InChI=1S/C20H24F4N2S/c1-3-4-8-18-14(11-20(22,23)24)13-6-5-7-17(19(13)27-18)25-16-9-10-26(2)12-15(16)21/h4-8,15-16,25H,3,9-12H2,1-2H3/b8-4+/t15-,16+/m0/s1. The predicted octanol–water partition coefficient (Wildman–Crippen LogP) is 5.88. The van der Waals surface area contributed by atoms with Gasteiger partial charge in [-0.05, 0) is 43.0 Å². The number of hydrogen-bond donors (Lipinski definition) is 1. The van der Waals surface area contributed by atoms with Crippen LogP contribution in [0.3, 0.4) is 0 Å². The first-order chi connectivity index (χ1) is 12.8. The lowest BCUT2D eigenvalue weighted by Gasteiger charge is -2.33. The van der Waals surface area contributed by atoms with Crippen molar-refractivity contribution in [3.8, 4) is 0 Å². The number of hydrogen-bond acceptors (Lipinski definition) is 3. The van der Waals surface area contributed by atoms with E-state index in [0.29, 0.717) is 34.5 Å². The van der Waals surface area contributed by atoms with Crippen LogP contribution in [0.4, 0.5) is 23.2 Å². The number of fused-ring (bicyclic) bond motifs is 1. The van der Waals surface area contributed by atoms with Crippen LogP contribution in [0.5, 0.6) is 0 Å². The molecule has 1 aliphatic heterocycles. The third-order valence-electron chi connectivity index (χ3n) is 4.82. The monoisotopic (exact) mass is 400 g/mol. The summed E-state index contributed by atoms with van der Waals surface area (Å²) < 4.78 is 54.5. The Labute approximate surface area is 160 Å². The van der Waals surface area contributed by atoms with Crippen molar-refractivity contribution in [2.45, 2.75) is 44.6 Å².